The summed E-state index contributed by atoms with van der Waals surface area (Å²) in [5.41, 5.74) is 0.342. The average molecular weight is 379 g/mol. The maximum absolute atomic E-state index is 12.2. The van der Waals surface area contributed by atoms with Crippen molar-refractivity contribution in [3.8, 4) is 0 Å². The van der Waals surface area contributed by atoms with Gasteiger partial charge in [-0.1, -0.05) is 31.2 Å². The first kappa shape index (κ1) is 19.5. The Morgan fingerprint density at radius 2 is 1.84 bits per heavy atom. The number of benzene rings is 2. The summed E-state index contributed by atoms with van der Waals surface area (Å²) in [6.45, 7) is 2.56. The fourth-order valence-electron chi connectivity index (χ4n) is 2.16. The van der Waals surface area contributed by atoms with Gasteiger partial charge in [0.15, 0.2) is 0 Å². The van der Waals surface area contributed by atoms with E-state index in [0.717, 1.165) is 12.2 Å². The Morgan fingerprint density at radius 3 is 2.56 bits per heavy atom. The lowest BCUT2D eigenvalue weighted by molar-refractivity contribution is 0.0953. The molecule has 134 valence electrons. The lowest BCUT2D eigenvalue weighted by atomic mass is 10.2. The number of nitrogens with one attached hydrogen (secondary N) is 2. The molecular formula is C18H22N2O3S2. The third kappa shape index (κ3) is 6.19. The van der Waals surface area contributed by atoms with E-state index in [4.69, 9.17) is 0 Å². The van der Waals surface area contributed by atoms with Crippen LogP contribution in [-0.4, -0.2) is 33.2 Å². The number of carbonyl (C=O) groups is 1. The first-order chi connectivity index (χ1) is 12.0. The van der Waals surface area contributed by atoms with Gasteiger partial charge < -0.3 is 5.32 Å². The van der Waals surface area contributed by atoms with Crippen LogP contribution in [0.3, 0.4) is 0 Å². The summed E-state index contributed by atoms with van der Waals surface area (Å²) in [5, 5.41) is 2.83. The van der Waals surface area contributed by atoms with Crippen LogP contribution < -0.4 is 10.0 Å². The van der Waals surface area contributed by atoms with Crippen LogP contribution >= 0.6 is 11.8 Å². The van der Waals surface area contributed by atoms with E-state index in [-0.39, 0.29) is 10.8 Å². The monoisotopic (exact) mass is 378 g/mol. The minimum absolute atomic E-state index is 0.0987. The van der Waals surface area contributed by atoms with Gasteiger partial charge in [-0.05, 0) is 42.5 Å². The molecule has 0 saturated heterocycles. The summed E-state index contributed by atoms with van der Waals surface area (Å²) in [5.74, 6) is 0.636. The lowest BCUT2D eigenvalue weighted by Crippen LogP contribution is -2.26. The summed E-state index contributed by atoms with van der Waals surface area (Å²) in [6.07, 6.45) is 0.834. The van der Waals surface area contributed by atoms with Crippen molar-refractivity contribution in [3.05, 3.63) is 60.2 Å². The molecule has 0 heterocycles. The van der Waals surface area contributed by atoms with E-state index in [2.05, 4.69) is 22.2 Å². The van der Waals surface area contributed by atoms with Crippen molar-refractivity contribution >= 4 is 27.7 Å². The van der Waals surface area contributed by atoms with Crippen molar-refractivity contribution in [1.82, 2.24) is 10.0 Å². The number of carbonyl (C=O) groups excluding carboxylic acids is 1. The molecule has 25 heavy (non-hydrogen) atoms. The Morgan fingerprint density at radius 1 is 1.08 bits per heavy atom. The van der Waals surface area contributed by atoms with Gasteiger partial charge in [-0.3, -0.25) is 4.79 Å². The highest BCUT2D eigenvalue weighted by molar-refractivity contribution is 7.99. The van der Waals surface area contributed by atoms with E-state index in [1.54, 1.807) is 30.8 Å². The largest absolute Gasteiger partial charge is 0.352 e. The fraction of sp³-hybridized carbons (Fsp3) is 0.278. The molecular weight excluding hydrogens is 356 g/mol. The summed E-state index contributed by atoms with van der Waals surface area (Å²) in [7, 11) is -3.56. The molecule has 0 unspecified atom stereocenters. The van der Waals surface area contributed by atoms with Crippen LogP contribution in [0.15, 0.2) is 64.4 Å². The Hall–Kier alpha value is -1.83. The molecule has 0 bridgehead atoms. The Labute approximate surface area is 153 Å². The highest BCUT2D eigenvalue weighted by Crippen LogP contribution is 2.17. The SMILES string of the molecule is CCNS(=O)(=O)c1cccc(C(=O)NCCCSc2ccccc2)c1. The Balaban J connectivity index is 1.83. The third-order valence-corrected chi connectivity index (χ3v) is 6.00. The standard InChI is InChI=1S/C18H22N2O3S2/c1-2-20-25(22,23)17-11-6-8-15(14-17)18(21)19-12-7-13-24-16-9-4-3-5-10-16/h3-6,8-11,14,20H,2,7,12-13H2,1H3,(H,19,21). The van der Waals surface area contributed by atoms with E-state index in [9.17, 15) is 13.2 Å². The first-order valence-electron chi connectivity index (χ1n) is 8.08. The summed E-state index contributed by atoms with van der Waals surface area (Å²) in [6, 6.07) is 16.1. The second-order valence-electron chi connectivity index (χ2n) is 5.30. The van der Waals surface area contributed by atoms with Crippen LogP contribution in [0.5, 0.6) is 0 Å². The van der Waals surface area contributed by atoms with Crippen LogP contribution in [0, 0.1) is 0 Å². The van der Waals surface area contributed by atoms with Crippen LogP contribution in [0.4, 0.5) is 0 Å². The molecule has 0 aliphatic rings. The average Bonchev–Trinajstić information content (AvgIpc) is 2.62. The molecule has 0 radical (unpaired) electrons. The first-order valence-corrected chi connectivity index (χ1v) is 10.6. The molecule has 1 amide bonds. The van der Waals surface area contributed by atoms with Gasteiger partial charge in [0.05, 0.1) is 4.90 Å². The molecule has 0 aliphatic heterocycles. The maximum Gasteiger partial charge on any atom is 0.251 e. The smallest absolute Gasteiger partial charge is 0.251 e. The molecule has 0 spiro atoms. The van der Waals surface area contributed by atoms with Crippen molar-refractivity contribution in [2.24, 2.45) is 0 Å². The second kappa shape index (κ2) is 9.60. The topological polar surface area (TPSA) is 75.3 Å². The van der Waals surface area contributed by atoms with Crippen molar-refractivity contribution in [2.45, 2.75) is 23.1 Å². The zero-order valence-electron chi connectivity index (χ0n) is 14.1. The van der Waals surface area contributed by atoms with Gasteiger partial charge in [0, 0.05) is 23.5 Å². The van der Waals surface area contributed by atoms with E-state index in [1.807, 2.05) is 18.2 Å². The summed E-state index contributed by atoms with van der Waals surface area (Å²) < 4.78 is 26.4. The quantitative estimate of drug-likeness (QED) is 0.520. The Kier molecular flexibility index (Phi) is 7.49. The molecule has 5 nitrogen and oxygen atoms in total. The van der Waals surface area contributed by atoms with E-state index in [1.165, 1.54) is 17.0 Å². The van der Waals surface area contributed by atoms with Crippen LogP contribution in [0.1, 0.15) is 23.7 Å². The number of sulfonamides is 1. The van der Waals surface area contributed by atoms with Gasteiger partial charge in [0.25, 0.3) is 5.91 Å². The van der Waals surface area contributed by atoms with Gasteiger partial charge in [-0.15, -0.1) is 11.8 Å². The lowest BCUT2D eigenvalue weighted by Gasteiger charge is -2.08. The normalized spacial score (nSPS) is 11.2. The summed E-state index contributed by atoms with van der Waals surface area (Å²) in [4.78, 5) is 13.5. The number of thioether (sulfide) groups is 1. The molecule has 0 fully saturated rings. The van der Waals surface area contributed by atoms with Gasteiger partial charge >= 0.3 is 0 Å². The van der Waals surface area contributed by atoms with Gasteiger partial charge in [-0.2, -0.15) is 0 Å². The van der Waals surface area contributed by atoms with E-state index < -0.39 is 10.0 Å². The zero-order valence-corrected chi connectivity index (χ0v) is 15.7. The third-order valence-electron chi connectivity index (χ3n) is 3.36. The molecule has 0 aliphatic carbocycles. The van der Waals surface area contributed by atoms with Crippen molar-refractivity contribution in [3.63, 3.8) is 0 Å². The molecule has 2 aromatic carbocycles. The van der Waals surface area contributed by atoms with E-state index >= 15 is 0 Å². The highest BCUT2D eigenvalue weighted by atomic mass is 32.2. The number of hydrogen-bond donors (Lipinski definition) is 2. The second-order valence-corrected chi connectivity index (χ2v) is 8.24. The number of rotatable bonds is 9. The minimum atomic E-state index is -3.56. The van der Waals surface area contributed by atoms with Crippen LogP contribution in [0.25, 0.3) is 0 Å². The number of hydrogen-bond acceptors (Lipinski definition) is 4. The van der Waals surface area contributed by atoms with Gasteiger partial charge in [0.2, 0.25) is 10.0 Å². The molecule has 0 aromatic heterocycles. The van der Waals surface area contributed by atoms with Gasteiger partial charge in [0.1, 0.15) is 0 Å². The molecule has 2 aromatic rings. The zero-order chi connectivity index (χ0) is 18.1. The van der Waals surface area contributed by atoms with Crippen molar-refractivity contribution < 1.29 is 13.2 Å². The Bertz CT molecular complexity index is 793. The number of amides is 1. The molecule has 2 rings (SSSR count). The van der Waals surface area contributed by atoms with Crippen LogP contribution in [0.2, 0.25) is 0 Å². The van der Waals surface area contributed by atoms with Crippen molar-refractivity contribution in [2.75, 3.05) is 18.8 Å². The van der Waals surface area contributed by atoms with Crippen molar-refractivity contribution in [1.29, 1.82) is 0 Å². The fourth-order valence-corrected chi connectivity index (χ4v) is 4.12. The van der Waals surface area contributed by atoms with Crippen LogP contribution in [-0.2, 0) is 10.0 Å². The molecule has 2 N–H and O–H groups in total. The highest BCUT2D eigenvalue weighted by Gasteiger charge is 2.14. The molecule has 0 saturated carbocycles. The minimum Gasteiger partial charge on any atom is -0.352 e. The molecule has 0 atom stereocenters. The van der Waals surface area contributed by atoms with Gasteiger partial charge in [-0.25, -0.2) is 13.1 Å². The predicted octanol–water partition coefficient (Wildman–Crippen LogP) is 2.90. The molecule has 7 heteroatoms. The summed E-state index contributed by atoms with van der Waals surface area (Å²) >= 11 is 1.74. The maximum atomic E-state index is 12.2. The predicted molar refractivity (Wildman–Crippen MR) is 101 cm³/mol. The van der Waals surface area contributed by atoms with E-state index in [0.29, 0.717) is 18.7 Å².